The number of carbonyl (C=O) groups is 3. The van der Waals surface area contributed by atoms with Crippen molar-refractivity contribution in [2.24, 2.45) is 0 Å². The summed E-state index contributed by atoms with van der Waals surface area (Å²) in [6.07, 6.45) is 3.15. The molecule has 1 aromatic carbocycles. The molecule has 2 amide bonds. The fourth-order valence-electron chi connectivity index (χ4n) is 3.02. The second-order valence-electron chi connectivity index (χ2n) is 6.28. The van der Waals surface area contributed by atoms with Gasteiger partial charge in [0.25, 0.3) is 11.8 Å². The van der Waals surface area contributed by atoms with Crippen molar-refractivity contribution in [1.29, 1.82) is 0 Å². The SMILES string of the molecule is O=C(O)c1ccc(NCC2CCCO2)c(NC2=CC(=O)N(CCO)C2=O)c1. The largest absolute Gasteiger partial charge is 0.478 e. The molecule has 0 radical (unpaired) electrons. The fourth-order valence-corrected chi connectivity index (χ4v) is 3.02. The van der Waals surface area contributed by atoms with E-state index in [4.69, 9.17) is 9.84 Å². The summed E-state index contributed by atoms with van der Waals surface area (Å²) in [5.74, 6) is -2.20. The number of anilines is 2. The number of nitrogens with one attached hydrogen (secondary N) is 2. The highest BCUT2D eigenvalue weighted by atomic mass is 16.5. The second-order valence-corrected chi connectivity index (χ2v) is 6.28. The van der Waals surface area contributed by atoms with Gasteiger partial charge in [-0.05, 0) is 31.0 Å². The van der Waals surface area contributed by atoms with Crippen molar-refractivity contribution >= 4 is 29.2 Å². The second kappa shape index (κ2) is 8.19. The minimum Gasteiger partial charge on any atom is -0.478 e. The van der Waals surface area contributed by atoms with Gasteiger partial charge in [-0.1, -0.05) is 0 Å². The van der Waals surface area contributed by atoms with Crippen LogP contribution in [-0.2, 0) is 14.3 Å². The normalized spacial score (nSPS) is 19.4. The minimum atomic E-state index is -1.10. The smallest absolute Gasteiger partial charge is 0.335 e. The zero-order valence-electron chi connectivity index (χ0n) is 14.6. The number of ether oxygens (including phenoxy) is 1. The van der Waals surface area contributed by atoms with E-state index in [-0.39, 0.29) is 30.5 Å². The molecule has 3 rings (SSSR count). The lowest BCUT2D eigenvalue weighted by atomic mass is 10.1. The molecule has 9 heteroatoms. The van der Waals surface area contributed by atoms with Crippen LogP contribution in [0.1, 0.15) is 23.2 Å². The van der Waals surface area contributed by atoms with Crippen molar-refractivity contribution in [1.82, 2.24) is 4.90 Å². The third-order valence-corrected chi connectivity index (χ3v) is 4.41. The molecular formula is C18H21N3O6. The van der Waals surface area contributed by atoms with Gasteiger partial charge in [0.2, 0.25) is 0 Å². The van der Waals surface area contributed by atoms with Crippen LogP contribution in [0.4, 0.5) is 11.4 Å². The quantitative estimate of drug-likeness (QED) is 0.487. The molecule has 0 aromatic heterocycles. The van der Waals surface area contributed by atoms with E-state index >= 15 is 0 Å². The number of amides is 2. The number of hydrogen-bond donors (Lipinski definition) is 4. The zero-order valence-corrected chi connectivity index (χ0v) is 14.6. The van der Waals surface area contributed by atoms with Crippen LogP contribution < -0.4 is 10.6 Å². The summed E-state index contributed by atoms with van der Waals surface area (Å²) in [6, 6.07) is 4.46. The number of aliphatic hydroxyl groups excluding tert-OH is 1. The summed E-state index contributed by atoms with van der Waals surface area (Å²) in [5.41, 5.74) is 1.03. The molecule has 0 aliphatic carbocycles. The van der Waals surface area contributed by atoms with Crippen molar-refractivity contribution in [2.75, 3.05) is 36.9 Å². The van der Waals surface area contributed by atoms with E-state index in [1.54, 1.807) is 6.07 Å². The maximum absolute atomic E-state index is 12.3. The van der Waals surface area contributed by atoms with Crippen molar-refractivity contribution in [2.45, 2.75) is 18.9 Å². The first-order valence-corrected chi connectivity index (χ1v) is 8.68. The topological polar surface area (TPSA) is 128 Å². The maximum atomic E-state index is 12.3. The average Bonchev–Trinajstić information content (AvgIpc) is 3.25. The molecule has 1 fully saturated rings. The zero-order chi connectivity index (χ0) is 19.4. The Morgan fingerprint density at radius 1 is 1.30 bits per heavy atom. The van der Waals surface area contributed by atoms with Crippen molar-refractivity contribution in [3.05, 3.63) is 35.5 Å². The third kappa shape index (κ3) is 4.26. The molecule has 2 heterocycles. The monoisotopic (exact) mass is 375 g/mol. The Kier molecular flexibility index (Phi) is 5.72. The summed E-state index contributed by atoms with van der Waals surface area (Å²) >= 11 is 0. The van der Waals surface area contributed by atoms with E-state index in [0.29, 0.717) is 17.9 Å². The van der Waals surface area contributed by atoms with Gasteiger partial charge in [0.1, 0.15) is 5.70 Å². The molecule has 0 bridgehead atoms. The van der Waals surface area contributed by atoms with Gasteiger partial charge in [-0.2, -0.15) is 0 Å². The van der Waals surface area contributed by atoms with Crippen molar-refractivity contribution in [3.8, 4) is 0 Å². The Morgan fingerprint density at radius 2 is 2.11 bits per heavy atom. The average molecular weight is 375 g/mol. The molecule has 144 valence electrons. The summed E-state index contributed by atoms with van der Waals surface area (Å²) in [7, 11) is 0. The Labute approximate surface area is 155 Å². The number of nitrogens with zero attached hydrogens (tertiary/aromatic N) is 1. The number of benzene rings is 1. The van der Waals surface area contributed by atoms with E-state index in [0.717, 1.165) is 30.4 Å². The lowest BCUT2D eigenvalue weighted by Crippen LogP contribution is -2.34. The number of β-amino-alcohol motifs (C(OH)–C–C–N with tert-alkyl or cyclic N) is 1. The van der Waals surface area contributed by atoms with E-state index < -0.39 is 17.8 Å². The van der Waals surface area contributed by atoms with E-state index in [9.17, 15) is 19.5 Å². The molecule has 1 aromatic rings. The van der Waals surface area contributed by atoms with Crippen LogP contribution in [0.3, 0.4) is 0 Å². The van der Waals surface area contributed by atoms with Gasteiger partial charge in [-0.25, -0.2) is 4.79 Å². The standard InChI is InChI=1S/C18H21N3O6/c22-6-5-21-16(23)9-15(17(21)24)20-14-8-11(18(25)26)3-4-13(14)19-10-12-2-1-7-27-12/h3-4,8-9,12,19-20,22H,1-2,5-7,10H2,(H,25,26). The molecule has 0 spiro atoms. The van der Waals surface area contributed by atoms with Gasteiger partial charge < -0.3 is 25.6 Å². The van der Waals surface area contributed by atoms with Gasteiger partial charge >= 0.3 is 5.97 Å². The van der Waals surface area contributed by atoms with Crippen LogP contribution in [0, 0.1) is 0 Å². The number of carbonyl (C=O) groups excluding carboxylic acids is 2. The molecule has 2 aliphatic rings. The Hall–Kier alpha value is -2.91. The number of rotatable bonds is 8. The maximum Gasteiger partial charge on any atom is 0.335 e. The molecule has 4 N–H and O–H groups in total. The highest BCUT2D eigenvalue weighted by Crippen LogP contribution is 2.27. The van der Waals surface area contributed by atoms with Crippen molar-refractivity contribution < 1.29 is 29.3 Å². The summed E-state index contributed by atoms with van der Waals surface area (Å²) in [4.78, 5) is 36.4. The van der Waals surface area contributed by atoms with E-state index in [1.807, 2.05) is 0 Å². The molecular weight excluding hydrogens is 354 g/mol. The van der Waals surface area contributed by atoms with Gasteiger partial charge in [-0.15, -0.1) is 0 Å². The van der Waals surface area contributed by atoms with Gasteiger partial charge in [0.05, 0.1) is 36.2 Å². The van der Waals surface area contributed by atoms with Crippen LogP contribution in [0.5, 0.6) is 0 Å². The van der Waals surface area contributed by atoms with E-state index in [2.05, 4.69) is 10.6 Å². The lowest BCUT2D eigenvalue weighted by molar-refractivity contribution is -0.137. The van der Waals surface area contributed by atoms with Crippen LogP contribution in [0.25, 0.3) is 0 Å². The summed E-state index contributed by atoms with van der Waals surface area (Å²) < 4.78 is 5.56. The highest BCUT2D eigenvalue weighted by Gasteiger charge is 2.31. The van der Waals surface area contributed by atoms with Crippen LogP contribution >= 0.6 is 0 Å². The number of hydrogen-bond acceptors (Lipinski definition) is 7. The summed E-state index contributed by atoms with van der Waals surface area (Å²) in [6.45, 7) is 0.836. The Balaban J connectivity index is 1.80. The molecule has 2 aliphatic heterocycles. The van der Waals surface area contributed by atoms with Gasteiger partial charge in [0, 0.05) is 19.2 Å². The number of aliphatic hydroxyl groups is 1. The number of aromatic carboxylic acids is 1. The Morgan fingerprint density at radius 3 is 2.78 bits per heavy atom. The molecule has 1 unspecified atom stereocenters. The van der Waals surface area contributed by atoms with Crippen LogP contribution in [0.15, 0.2) is 30.0 Å². The molecule has 27 heavy (non-hydrogen) atoms. The number of carboxylic acid groups (broad SMARTS) is 1. The van der Waals surface area contributed by atoms with Gasteiger partial charge in [-0.3, -0.25) is 14.5 Å². The molecule has 9 nitrogen and oxygen atoms in total. The highest BCUT2D eigenvalue weighted by molar-refractivity contribution is 6.17. The van der Waals surface area contributed by atoms with E-state index in [1.165, 1.54) is 12.1 Å². The molecule has 1 saturated heterocycles. The predicted molar refractivity (Wildman–Crippen MR) is 96.4 cm³/mol. The number of imide groups is 1. The predicted octanol–water partition coefficient (Wildman–Crippen LogP) is 0.633. The first kappa shape index (κ1) is 18.9. The first-order chi connectivity index (χ1) is 13.0. The lowest BCUT2D eigenvalue weighted by Gasteiger charge is -2.18. The first-order valence-electron chi connectivity index (χ1n) is 8.68. The fraction of sp³-hybridized carbons (Fsp3) is 0.389. The molecule has 0 saturated carbocycles. The molecule has 1 atom stereocenters. The third-order valence-electron chi connectivity index (χ3n) is 4.41. The summed E-state index contributed by atoms with van der Waals surface area (Å²) in [5, 5.41) is 24.3. The number of carboxylic acids is 1. The van der Waals surface area contributed by atoms with Crippen LogP contribution in [-0.4, -0.2) is 65.3 Å². The Bertz CT molecular complexity index is 785. The van der Waals surface area contributed by atoms with Crippen LogP contribution in [0.2, 0.25) is 0 Å². The van der Waals surface area contributed by atoms with Gasteiger partial charge in [0.15, 0.2) is 0 Å². The minimum absolute atomic E-state index is 0.0242. The van der Waals surface area contributed by atoms with Crippen molar-refractivity contribution in [3.63, 3.8) is 0 Å².